The molecule has 1 aliphatic rings. The fourth-order valence-electron chi connectivity index (χ4n) is 2.24. The monoisotopic (exact) mass is 293 g/mol. The molecule has 0 aliphatic carbocycles. The zero-order valence-corrected chi connectivity index (χ0v) is 11.6. The number of hydrogen-bond acceptors (Lipinski definition) is 4. The molecule has 1 saturated heterocycles. The van der Waals surface area contributed by atoms with Crippen molar-refractivity contribution < 1.29 is 13.2 Å². The van der Waals surface area contributed by atoms with E-state index in [2.05, 4.69) is 10.2 Å². The van der Waals surface area contributed by atoms with Crippen molar-refractivity contribution in [1.29, 1.82) is 0 Å². The van der Waals surface area contributed by atoms with Crippen LogP contribution in [0.25, 0.3) is 0 Å². The van der Waals surface area contributed by atoms with E-state index in [0.29, 0.717) is 19.7 Å². The van der Waals surface area contributed by atoms with Gasteiger partial charge in [0.15, 0.2) is 0 Å². The molecule has 6 nitrogen and oxygen atoms in total. The second-order valence-corrected chi connectivity index (χ2v) is 6.51. The molecule has 1 aliphatic heterocycles. The van der Waals surface area contributed by atoms with Gasteiger partial charge in [0.1, 0.15) is 4.90 Å². The highest BCUT2D eigenvalue weighted by atomic mass is 32.2. The van der Waals surface area contributed by atoms with Crippen LogP contribution in [0, 0.1) is 0 Å². The first-order valence-electron chi connectivity index (χ1n) is 6.33. The molecule has 0 bridgehead atoms. The van der Waals surface area contributed by atoms with E-state index in [-0.39, 0.29) is 11.0 Å². The number of aromatic nitrogens is 2. The Balaban J connectivity index is 1.83. The molecule has 0 radical (unpaired) electrons. The lowest BCUT2D eigenvalue weighted by Crippen LogP contribution is -2.42. The van der Waals surface area contributed by atoms with Crippen LogP contribution >= 0.6 is 0 Å². The van der Waals surface area contributed by atoms with Gasteiger partial charge in [0.25, 0.3) is 0 Å². The Morgan fingerprint density at radius 3 is 2.80 bits per heavy atom. The maximum Gasteiger partial charge on any atom is 0.246 e. The standard InChI is InChI=1S/C13H15N3O3S/c17-20(18,12-8-14-15-9-12)16-6-7-19-13(10-16)11-4-2-1-3-5-11/h1-5,8-9,13H,6-7,10H2,(H,14,15). The van der Waals surface area contributed by atoms with Crippen LogP contribution in [0.15, 0.2) is 47.6 Å². The highest BCUT2D eigenvalue weighted by Crippen LogP contribution is 2.25. The summed E-state index contributed by atoms with van der Waals surface area (Å²) in [6.45, 7) is 1.06. The molecule has 7 heteroatoms. The van der Waals surface area contributed by atoms with Crippen molar-refractivity contribution in [3.05, 3.63) is 48.3 Å². The van der Waals surface area contributed by atoms with E-state index in [1.807, 2.05) is 30.3 Å². The minimum absolute atomic E-state index is 0.186. The third-order valence-electron chi connectivity index (χ3n) is 3.31. The molecule has 1 atom stereocenters. The van der Waals surface area contributed by atoms with E-state index in [0.717, 1.165) is 5.56 Å². The molecule has 20 heavy (non-hydrogen) atoms. The van der Waals surface area contributed by atoms with Gasteiger partial charge < -0.3 is 4.74 Å². The highest BCUT2D eigenvalue weighted by Gasteiger charge is 2.31. The summed E-state index contributed by atoms with van der Waals surface area (Å²) in [5.74, 6) is 0. The molecular formula is C13H15N3O3S. The molecule has 1 fully saturated rings. The molecule has 2 aromatic rings. The van der Waals surface area contributed by atoms with Crippen LogP contribution in [0.2, 0.25) is 0 Å². The van der Waals surface area contributed by atoms with Gasteiger partial charge in [0.05, 0.1) is 18.9 Å². The van der Waals surface area contributed by atoms with Gasteiger partial charge in [-0.05, 0) is 5.56 Å². The molecule has 3 rings (SSSR count). The third kappa shape index (κ3) is 2.47. The Morgan fingerprint density at radius 1 is 1.30 bits per heavy atom. The maximum atomic E-state index is 12.4. The number of morpholine rings is 1. The summed E-state index contributed by atoms with van der Waals surface area (Å²) in [7, 11) is -3.50. The number of aromatic amines is 1. The first-order chi connectivity index (χ1) is 9.68. The summed E-state index contributed by atoms with van der Waals surface area (Å²) in [6.07, 6.45) is 2.48. The molecule has 0 amide bonds. The van der Waals surface area contributed by atoms with Gasteiger partial charge in [-0.3, -0.25) is 5.10 Å². The summed E-state index contributed by atoms with van der Waals surface area (Å²) in [6, 6.07) is 9.65. The lowest BCUT2D eigenvalue weighted by atomic mass is 10.1. The zero-order chi connectivity index (χ0) is 14.0. The van der Waals surface area contributed by atoms with Crippen molar-refractivity contribution in [2.45, 2.75) is 11.0 Å². The van der Waals surface area contributed by atoms with Gasteiger partial charge in [-0.2, -0.15) is 9.40 Å². The number of nitrogens with one attached hydrogen (secondary N) is 1. The molecule has 1 aromatic carbocycles. The molecule has 1 aromatic heterocycles. The Morgan fingerprint density at radius 2 is 2.10 bits per heavy atom. The number of H-pyrrole nitrogens is 1. The third-order valence-corrected chi connectivity index (χ3v) is 5.14. The van der Waals surface area contributed by atoms with Gasteiger partial charge in [-0.25, -0.2) is 8.42 Å². The van der Waals surface area contributed by atoms with Crippen LogP contribution in [-0.2, 0) is 14.8 Å². The summed E-state index contributed by atoms with van der Waals surface area (Å²) >= 11 is 0. The van der Waals surface area contributed by atoms with E-state index in [4.69, 9.17) is 4.74 Å². The molecule has 2 heterocycles. The van der Waals surface area contributed by atoms with E-state index >= 15 is 0 Å². The fourth-order valence-corrected chi connectivity index (χ4v) is 3.57. The van der Waals surface area contributed by atoms with Crippen molar-refractivity contribution in [3.63, 3.8) is 0 Å². The van der Waals surface area contributed by atoms with E-state index in [9.17, 15) is 8.42 Å². The van der Waals surface area contributed by atoms with Crippen LogP contribution in [0.5, 0.6) is 0 Å². The summed E-state index contributed by atoms with van der Waals surface area (Å²) in [4.78, 5) is 0.186. The van der Waals surface area contributed by atoms with Gasteiger partial charge in [0, 0.05) is 19.3 Å². The van der Waals surface area contributed by atoms with Gasteiger partial charge in [-0.1, -0.05) is 30.3 Å². The second-order valence-electron chi connectivity index (χ2n) is 4.57. The molecule has 1 unspecified atom stereocenters. The van der Waals surface area contributed by atoms with Crippen LogP contribution in [0.4, 0.5) is 0 Å². The van der Waals surface area contributed by atoms with E-state index in [1.54, 1.807) is 0 Å². The number of ether oxygens (including phenoxy) is 1. The summed E-state index contributed by atoms with van der Waals surface area (Å²) in [5, 5.41) is 6.23. The van der Waals surface area contributed by atoms with Crippen LogP contribution in [-0.4, -0.2) is 42.6 Å². The smallest absolute Gasteiger partial charge is 0.246 e. The lowest BCUT2D eigenvalue weighted by molar-refractivity contribution is -0.00255. The van der Waals surface area contributed by atoms with Crippen LogP contribution in [0.1, 0.15) is 11.7 Å². The highest BCUT2D eigenvalue weighted by molar-refractivity contribution is 7.89. The van der Waals surface area contributed by atoms with Gasteiger partial charge >= 0.3 is 0 Å². The summed E-state index contributed by atoms with van der Waals surface area (Å²) < 4.78 is 32.0. The SMILES string of the molecule is O=S(=O)(c1cn[nH]c1)N1CCOC(c2ccccc2)C1. The van der Waals surface area contributed by atoms with Crippen molar-refractivity contribution in [2.24, 2.45) is 0 Å². The Hall–Kier alpha value is -1.70. The van der Waals surface area contributed by atoms with Gasteiger partial charge in [-0.15, -0.1) is 0 Å². The molecule has 0 spiro atoms. The van der Waals surface area contributed by atoms with E-state index < -0.39 is 10.0 Å². The molecule has 106 valence electrons. The maximum absolute atomic E-state index is 12.4. The minimum Gasteiger partial charge on any atom is -0.371 e. The normalized spacial score (nSPS) is 20.9. The van der Waals surface area contributed by atoms with Gasteiger partial charge in [0.2, 0.25) is 10.0 Å². The number of benzene rings is 1. The quantitative estimate of drug-likeness (QED) is 0.922. The van der Waals surface area contributed by atoms with Crippen molar-refractivity contribution in [3.8, 4) is 0 Å². The Labute approximate surface area is 117 Å². The predicted molar refractivity (Wildman–Crippen MR) is 72.5 cm³/mol. The lowest BCUT2D eigenvalue weighted by Gasteiger charge is -2.32. The molecule has 0 saturated carbocycles. The van der Waals surface area contributed by atoms with Crippen LogP contribution in [0.3, 0.4) is 0 Å². The van der Waals surface area contributed by atoms with Crippen molar-refractivity contribution in [1.82, 2.24) is 14.5 Å². The first kappa shape index (κ1) is 13.3. The second kappa shape index (κ2) is 5.35. The minimum atomic E-state index is -3.50. The molecular weight excluding hydrogens is 278 g/mol. The van der Waals surface area contributed by atoms with Crippen molar-refractivity contribution >= 4 is 10.0 Å². The van der Waals surface area contributed by atoms with E-state index in [1.165, 1.54) is 16.7 Å². The summed E-state index contributed by atoms with van der Waals surface area (Å²) in [5.41, 5.74) is 0.986. The zero-order valence-electron chi connectivity index (χ0n) is 10.8. The average Bonchev–Trinajstić information content (AvgIpc) is 3.03. The largest absolute Gasteiger partial charge is 0.371 e. The predicted octanol–water partition coefficient (Wildman–Crippen LogP) is 1.17. The Kier molecular flexibility index (Phi) is 3.56. The number of sulfonamides is 1. The first-order valence-corrected chi connectivity index (χ1v) is 7.77. The van der Waals surface area contributed by atoms with Crippen molar-refractivity contribution in [2.75, 3.05) is 19.7 Å². The number of hydrogen-bond donors (Lipinski definition) is 1. The van der Waals surface area contributed by atoms with Crippen LogP contribution < -0.4 is 0 Å². The number of rotatable bonds is 3. The topological polar surface area (TPSA) is 75.3 Å². The number of nitrogens with zero attached hydrogens (tertiary/aromatic N) is 2. The molecule has 1 N–H and O–H groups in total. The Bertz CT molecular complexity index is 655. The average molecular weight is 293 g/mol. The fraction of sp³-hybridized carbons (Fsp3) is 0.308.